The Balaban J connectivity index is 2.14. The first-order valence-corrected chi connectivity index (χ1v) is 6.51. The zero-order valence-electron chi connectivity index (χ0n) is 8.72. The molecule has 0 aromatic rings. The summed E-state index contributed by atoms with van der Waals surface area (Å²) in [6.07, 6.45) is 2.74. The van der Waals surface area contributed by atoms with Crippen molar-refractivity contribution < 1.29 is 19.4 Å². The summed E-state index contributed by atoms with van der Waals surface area (Å²) < 4.78 is 2.54. The monoisotopic (exact) mass is 356 g/mol. The van der Waals surface area contributed by atoms with Crippen molar-refractivity contribution in [2.75, 3.05) is 26.2 Å². The number of piperidine rings is 1. The van der Waals surface area contributed by atoms with Crippen LogP contribution in [0.2, 0.25) is 0 Å². The Morgan fingerprint density at radius 2 is 2.00 bits per heavy atom. The van der Waals surface area contributed by atoms with Gasteiger partial charge in [-0.3, -0.25) is 0 Å². The number of nitrogens with zero attached hydrogens (tertiary/aromatic N) is 1. The summed E-state index contributed by atoms with van der Waals surface area (Å²) in [6.45, 7) is 9.64. The Labute approximate surface area is 93.1 Å². The van der Waals surface area contributed by atoms with E-state index in [1.807, 2.05) is 19.4 Å². The topological polar surface area (TPSA) is 15.3 Å². The van der Waals surface area contributed by atoms with Gasteiger partial charge in [0.05, 0.1) is 0 Å². The van der Waals surface area contributed by atoms with E-state index in [0.717, 1.165) is 11.8 Å². The molecule has 1 aliphatic rings. The fourth-order valence-electron chi connectivity index (χ4n) is 1.82. The maximum atomic E-state index is 3.41. The van der Waals surface area contributed by atoms with Gasteiger partial charge in [-0.2, -0.15) is 0 Å². The minimum atomic E-state index is 0.812. The Bertz CT molecular complexity index is 133. The van der Waals surface area contributed by atoms with Gasteiger partial charge in [0.2, 0.25) is 0 Å². The molecule has 0 aliphatic carbocycles. The van der Waals surface area contributed by atoms with Crippen LogP contribution in [0, 0.1) is 11.8 Å². The van der Waals surface area contributed by atoms with Crippen molar-refractivity contribution in [1.29, 1.82) is 0 Å². The van der Waals surface area contributed by atoms with E-state index in [9.17, 15) is 0 Å². The second-order valence-corrected chi connectivity index (χ2v) is 6.13. The molecule has 1 heterocycles. The minimum absolute atomic E-state index is 0.812. The zero-order chi connectivity index (χ0) is 9.68. The fraction of sp³-hybridized carbons (Fsp3) is 1.00. The van der Waals surface area contributed by atoms with Gasteiger partial charge in [-0.15, -0.1) is 0 Å². The third kappa shape index (κ3) is 5.12. The van der Waals surface area contributed by atoms with Gasteiger partial charge in [-0.05, 0) is 0 Å². The number of rotatable bonds is 4. The molecule has 78 valence electrons. The molecule has 1 N–H and O–H groups in total. The first-order chi connectivity index (χ1) is 6.18. The van der Waals surface area contributed by atoms with E-state index < -0.39 is 0 Å². The zero-order valence-corrected chi connectivity index (χ0v) is 11.4. The van der Waals surface area contributed by atoms with Crippen molar-refractivity contribution in [2.45, 2.75) is 26.7 Å². The van der Waals surface area contributed by atoms with Crippen LogP contribution in [0.1, 0.15) is 26.7 Å². The molecule has 1 fully saturated rings. The molecule has 13 heavy (non-hydrogen) atoms. The normalized spacial score (nSPS) is 20.1. The van der Waals surface area contributed by atoms with Crippen molar-refractivity contribution in [2.24, 2.45) is 11.8 Å². The van der Waals surface area contributed by atoms with E-state index in [1.165, 1.54) is 39.0 Å². The predicted molar refractivity (Wildman–Crippen MR) is 52.0 cm³/mol. The Morgan fingerprint density at radius 1 is 1.38 bits per heavy atom. The fourth-order valence-corrected chi connectivity index (χ4v) is 3.51. The molecule has 0 atom stereocenters. The second kappa shape index (κ2) is 6.14. The summed E-state index contributed by atoms with van der Waals surface area (Å²) in [7, 11) is 0. The van der Waals surface area contributed by atoms with Crippen LogP contribution < -0.4 is 5.32 Å². The van der Waals surface area contributed by atoms with Crippen LogP contribution in [0.25, 0.3) is 0 Å². The Hall–Kier alpha value is 0.582. The van der Waals surface area contributed by atoms with Crippen LogP contribution >= 0.6 is 0 Å². The molecule has 0 unspecified atom stereocenters. The summed E-state index contributed by atoms with van der Waals surface area (Å²) >= 11 is 1.84. The molecule has 0 bridgehead atoms. The van der Waals surface area contributed by atoms with Crippen LogP contribution in [-0.4, -0.2) is 29.7 Å². The molecule has 3 heteroatoms. The SMILES string of the molecule is CC(C)C[N]([Re])CC1CCNCC1. The van der Waals surface area contributed by atoms with Gasteiger partial charge in [-0.1, -0.05) is 0 Å². The van der Waals surface area contributed by atoms with Gasteiger partial charge in [0.1, 0.15) is 0 Å². The van der Waals surface area contributed by atoms with E-state index in [-0.39, 0.29) is 0 Å². The second-order valence-electron chi connectivity index (χ2n) is 4.42. The average Bonchev–Trinajstić information content (AvgIpc) is 2.04. The number of hydrogen-bond donors (Lipinski definition) is 1. The summed E-state index contributed by atoms with van der Waals surface area (Å²) in [4.78, 5) is 0. The molecule has 0 saturated carbocycles. The van der Waals surface area contributed by atoms with Crippen molar-refractivity contribution in [3.8, 4) is 0 Å². The third-order valence-electron chi connectivity index (χ3n) is 2.48. The molecule has 0 spiro atoms. The van der Waals surface area contributed by atoms with Gasteiger partial charge in [-0.25, -0.2) is 0 Å². The van der Waals surface area contributed by atoms with Crippen LogP contribution in [0.15, 0.2) is 0 Å². The van der Waals surface area contributed by atoms with Crippen molar-refractivity contribution >= 4 is 0 Å². The van der Waals surface area contributed by atoms with E-state index in [1.54, 1.807) is 0 Å². The molecule has 1 saturated heterocycles. The molecule has 0 aromatic carbocycles. The van der Waals surface area contributed by atoms with Gasteiger partial charge in [0, 0.05) is 0 Å². The average molecular weight is 355 g/mol. The van der Waals surface area contributed by atoms with Crippen molar-refractivity contribution in [3.63, 3.8) is 0 Å². The molecule has 0 radical (unpaired) electrons. The molecule has 0 amide bonds. The summed E-state index contributed by atoms with van der Waals surface area (Å²) in [5, 5.41) is 3.41. The standard InChI is InChI=1S/C10H21N2.Re/c1-9(2)7-12-8-10-3-5-11-6-4-10;/h9-11H,3-8H2,1-2H3;/q-1;+1. The number of nitrogens with one attached hydrogen (secondary N) is 1. The van der Waals surface area contributed by atoms with Crippen LogP contribution in [0.5, 0.6) is 0 Å². The first-order valence-electron chi connectivity index (χ1n) is 5.30. The summed E-state index contributed by atoms with van der Waals surface area (Å²) in [5.74, 6) is 1.76. The summed E-state index contributed by atoms with van der Waals surface area (Å²) in [6, 6.07) is 0. The van der Waals surface area contributed by atoms with Crippen molar-refractivity contribution in [3.05, 3.63) is 0 Å². The first kappa shape index (κ1) is 11.7. The molecule has 2 nitrogen and oxygen atoms in total. The van der Waals surface area contributed by atoms with E-state index in [2.05, 4.69) is 22.7 Å². The van der Waals surface area contributed by atoms with Crippen LogP contribution in [0.3, 0.4) is 0 Å². The van der Waals surface area contributed by atoms with Crippen LogP contribution in [0.4, 0.5) is 0 Å². The summed E-state index contributed by atoms with van der Waals surface area (Å²) in [5.41, 5.74) is 0. The maximum absolute atomic E-state index is 3.41. The molecular weight excluding hydrogens is 334 g/mol. The quantitative estimate of drug-likeness (QED) is 0.820. The predicted octanol–water partition coefficient (Wildman–Crippen LogP) is 1.41. The van der Waals surface area contributed by atoms with Gasteiger partial charge >= 0.3 is 93.0 Å². The van der Waals surface area contributed by atoms with E-state index >= 15 is 0 Å². The van der Waals surface area contributed by atoms with E-state index in [0.29, 0.717) is 0 Å². The van der Waals surface area contributed by atoms with Crippen molar-refractivity contribution in [1.82, 2.24) is 8.85 Å². The Kier molecular flexibility index (Phi) is 5.50. The molecular formula is C10H21N2Re. The molecule has 0 aromatic heterocycles. The number of hydrogen-bond acceptors (Lipinski definition) is 2. The Morgan fingerprint density at radius 3 is 2.54 bits per heavy atom. The van der Waals surface area contributed by atoms with Gasteiger partial charge in [0.25, 0.3) is 0 Å². The third-order valence-corrected chi connectivity index (χ3v) is 3.47. The van der Waals surface area contributed by atoms with E-state index in [4.69, 9.17) is 0 Å². The molecule has 1 rings (SSSR count). The van der Waals surface area contributed by atoms with Gasteiger partial charge in [0.15, 0.2) is 0 Å². The van der Waals surface area contributed by atoms with Crippen LogP contribution in [-0.2, 0) is 19.4 Å². The van der Waals surface area contributed by atoms with Gasteiger partial charge < -0.3 is 0 Å². The molecule has 1 aliphatic heterocycles.